The minimum Gasteiger partial charge on any atom is -0.472 e. The molecule has 0 aliphatic carbocycles. The molecular formula is C14H18N2O. The van der Waals surface area contributed by atoms with Crippen molar-refractivity contribution in [1.82, 2.24) is 5.43 Å². The summed E-state index contributed by atoms with van der Waals surface area (Å²) in [5.74, 6) is 5.58. The molecule has 0 aliphatic rings. The second-order valence-corrected chi connectivity index (χ2v) is 4.15. The summed E-state index contributed by atoms with van der Waals surface area (Å²) in [6.45, 7) is 2.16. The van der Waals surface area contributed by atoms with Crippen molar-refractivity contribution in [2.75, 3.05) is 0 Å². The van der Waals surface area contributed by atoms with E-state index >= 15 is 0 Å². The second kappa shape index (κ2) is 5.66. The first-order valence-corrected chi connectivity index (χ1v) is 5.89. The van der Waals surface area contributed by atoms with Crippen LogP contribution in [0.3, 0.4) is 0 Å². The maximum atomic E-state index is 5.58. The number of furan rings is 1. The molecule has 3 N–H and O–H groups in total. The molecule has 2 aromatic rings. The predicted molar refractivity (Wildman–Crippen MR) is 68.3 cm³/mol. The van der Waals surface area contributed by atoms with Crippen LogP contribution in [0.5, 0.6) is 0 Å². The Hall–Kier alpha value is -1.58. The molecule has 2 rings (SSSR count). The van der Waals surface area contributed by atoms with Gasteiger partial charge in [-0.15, -0.1) is 0 Å². The van der Waals surface area contributed by atoms with E-state index in [1.807, 2.05) is 6.07 Å². The van der Waals surface area contributed by atoms with Crippen LogP contribution in [0.4, 0.5) is 0 Å². The molecule has 0 fully saturated rings. The molecule has 0 bridgehead atoms. The number of hydrazine groups is 1. The van der Waals surface area contributed by atoms with Crippen LogP contribution in [-0.4, -0.2) is 0 Å². The van der Waals surface area contributed by atoms with Crippen molar-refractivity contribution in [3.63, 3.8) is 0 Å². The number of benzene rings is 1. The zero-order valence-corrected chi connectivity index (χ0v) is 10.0. The minimum atomic E-state index is 0.0984. The molecule has 1 heterocycles. The third-order valence-corrected chi connectivity index (χ3v) is 3.02. The fourth-order valence-corrected chi connectivity index (χ4v) is 1.89. The summed E-state index contributed by atoms with van der Waals surface area (Å²) in [5.41, 5.74) is 6.52. The lowest BCUT2D eigenvalue weighted by Crippen LogP contribution is -2.29. The van der Waals surface area contributed by atoms with Crippen LogP contribution in [0, 0.1) is 0 Å². The Morgan fingerprint density at radius 2 is 1.88 bits per heavy atom. The van der Waals surface area contributed by atoms with Crippen molar-refractivity contribution in [2.24, 2.45) is 5.84 Å². The Bertz CT molecular complexity index is 434. The van der Waals surface area contributed by atoms with Crippen LogP contribution in [0.15, 0.2) is 47.3 Å². The van der Waals surface area contributed by atoms with Gasteiger partial charge in [-0.25, -0.2) is 0 Å². The molecule has 0 aliphatic heterocycles. The number of nitrogens with two attached hydrogens (primary N) is 1. The maximum Gasteiger partial charge on any atom is 0.0950 e. The van der Waals surface area contributed by atoms with Crippen molar-refractivity contribution >= 4 is 0 Å². The predicted octanol–water partition coefficient (Wildman–Crippen LogP) is 2.59. The monoisotopic (exact) mass is 230 g/mol. The van der Waals surface area contributed by atoms with Gasteiger partial charge in [0.05, 0.1) is 18.6 Å². The van der Waals surface area contributed by atoms with Crippen molar-refractivity contribution in [1.29, 1.82) is 0 Å². The highest BCUT2D eigenvalue weighted by Crippen LogP contribution is 2.18. The molecule has 3 heteroatoms. The Morgan fingerprint density at radius 3 is 2.41 bits per heavy atom. The average molecular weight is 230 g/mol. The van der Waals surface area contributed by atoms with Gasteiger partial charge >= 0.3 is 0 Å². The summed E-state index contributed by atoms with van der Waals surface area (Å²) >= 11 is 0. The summed E-state index contributed by atoms with van der Waals surface area (Å²) in [6, 6.07) is 10.7. The summed E-state index contributed by atoms with van der Waals surface area (Å²) in [4.78, 5) is 0. The molecule has 0 saturated carbocycles. The van der Waals surface area contributed by atoms with Crippen LogP contribution < -0.4 is 11.3 Å². The molecule has 3 nitrogen and oxygen atoms in total. The van der Waals surface area contributed by atoms with E-state index in [0.717, 1.165) is 18.4 Å². The highest BCUT2D eigenvalue weighted by Gasteiger charge is 2.11. The Kier molecular flexibility index (Phi) is 3.96. The van der Waals surface area contributed by atoms with Crippen molar-refractivity contribution in [3.8, 4) is 0 Å². The van der Waals surface area contributed by atoms with Crippen LogP contribution in [0.2, 0.25) is 0 Å². The van der Waals surface area contributed by atoms with Crippen LogP contribution in [0.1, 0.15) is 29.7 Å². The van der Waals surface area contributed by atoms with Gasteiger partial charge in [-0.3, -0.25) is 11.3 Å². The molecule has 1 atom stereocenters. The van der Waals surface area contributed by atoms with Gasteiger partial charge in [-0.1, -0.05) is 31.2 Å². The number of rotatable bonds is 5. The van der Waals surface area contributed by atoms with Gasteiger partial charge < -0.3 is 4.42 Å². The number of hydrogen-bond acceptors (Lipinski definition) is 3. The van der Waals surface area contributed by atoms with Gasteiger partial charge in [0.1, 0.15) is 0 Å². The smallest absolute Gasteiger partial charge is 0.0950 e. The molecule has 17 heavy (non-hydrogen) atoms. The zero-order valence-electron chi connectivity index (χ0n) is 10.0. The average Bonchev–Trinajstić information content (AvgIpc) is 2.90. The summed E-state index contributed by atoms with van der Waals surface area (Å²) in [6.07, 6.45) is 5.32. The van der Waals surface area contributed by atoms with E-state index in [2.05, 4.69) is 36.6 Å². The van der Waals surface area contributed by atoms with Crippen molar-refractivity contribution in [2.45, 2.75) is 25.8 Å². The lowest BCUT2D eigenvalue weighted by atomic mass is 10.0. The van der Waals surface area contributed by atoms with E-state index in [1.54, 1.807) is 12.5 Å². The largest absolute Gasteiger partial charge is 0.472 e. The minimum absolute atomic E-state index is 0.0984. The third-order valence-electron chi connectivity index (χ3n) is 3.02. The maximum absolute atomic E-state index is 5.58. The van der Waals surface area contributed by atoms with Gasteiger partial charge in [0.25, 0.3) is 0 Å². The Labute approximate surface area is 102 Å². The van der Waals surface area contributed by atoms with Gasteiger partial charge in [0.2, 0.25) is 0 Å². The van der Waals surface area contributed by atoms with E-state index in [-0.39, 0.29) is 6.04 Å². The quantitative estimate of drug-likeness (QED) is 0.613. The van der Waals surface area contributed by atoms with Gasteiger partial charge in [0, 0.05) is 5.56 Å². The number of nitrogens with one attached hydrogen (secondary N) is 1. The van der Waals surface area contributed by atoms with Crippen molar-refractivity contribution < 1.29 is 4.42 Å². The topological polar surface area (TPSA) is 51.2 Å². The molecular weight excluding hydrogens is 212 g/mol. The molecule has 1 aromatic carbocycles. The first-order valence-electron chi connectivity index (χ1n) is 5.89. The van der Waals surface area contributed by atoms with E-state index in [0.29, 0.717) is 0 Å². The van der Waals surface area contributed by atoms with E-state index in [1.165, 1.54) is 11.1 Å². The van der Waals surface area contributed by atoms with Gasteiger partial charge in [-0.2, -0.15) is 0 Å². The molecule has 1 unspecified atom stereocenters. The van der Waals surface area contributed by atoms with Crippen LogP contribution in [0.25, 0.3) is 0 Å². The Morgan fingerprint density at radius 1 is 1.18 bits per heavy atom. The lowest BCUT2D eigenvalue weighted by Gasteiger charge is -2.14. The highest BCUT2D eigenvalue weighted by atomic mass is 16.3. The van der Waals surface area contributed by atoms with E-state index in [9.17, 15) is 0 Å². The Balaban J connectivity index is 2.07. The summed E-state index contributed by atoms with van der Waals surface area (Å²) in [5, 5.41) is 0. The first-order chi connectivity index (χ1) is 8.33. The number of hydrogen-bond donors (Lipinski definition) is 2. The van der Waals surface area contributed by atoms with Crippen LogP contribution >= 0.6 is 0 Å². The summed E-state index contributed by atoms with van der Waals surface area (Å²) < 4.78 is 5.08. The van der Waals surface area contributed by atoms with Crippen LogP contribution in [-0.2, 0) is 12.8 Å². The molecule has 1 aromatic heterocycles. The molecule has 0 amide bonds. The normalized spacial score (nSPS) is 12.6. The lowest BCUT2D eigenvalue weighted by molar-refractivity contribution is 0.525. The van der Waals surface area contributed by atoms with Gasteiger partial charge in [0.15, 0.2) is 0 Å². The third kappa shape index (κ3) is 2.96. The molecule has 0 spiro atoms. The van der Waals surface area contributed by atoms with E-state index in [4.69, 9.17) is 10.3 Å². The van der Waals surface area contributed by atoms with Crippen molar-refractivity contribution in [3.05, 3.63) is 59.5 Å². The fourth-order valence-electron chi connectivity index (χ4n) is 1.89. The number of aryl methyl sites for hydroxylation is 1. The first kappa shape index (κ1) is 11.9. The molecule has 90 valence electrons. The highest BCUT2D eigenvalue weighted by molar-refractivity contribution is 5.25. The summed E-state index contributed by atoms with van der Waals surface area (Å²) in [7, 11) is 0. The zero-order chi connectivity index (χ0) is 12.1. The molecule has 0 radical (unpaired) electrons. The van der Waals surface area contributed by atoms with Gasteiger partial charge in [-0.05, 0) is 30.0 Å². The van der Waals surface area contributed by atoms with E-state index < -0.39 is 0 Å². The standard InChI is InChI=1S/C14H18N2O/c1-2-11-3-5-12(6-4-11)9-14(16-15)13-7-8-17-10-13/h3-8,10,14,16H,2,9,15H2,1H3. The second-order valence-electron chi connectivity index (χ2n) is 4.15. The molecule has 0 saturated heterocycles. The fraction of sp³-hybridized carbons (Fsp3) is 0.286. The SMILES string of the molecule is CCc1ccc(CC(NN)c2ccoc2)cc1.